The van der Waals surface area contributed by atoms with Gasteiger partial charge in [0.05, 0.1) is 12.7 Å². The van der Waals surface area contributed by atoms with E-state index in [0.29, 0.717) is 18.2 Å². The van der Waals surface area contributed by atoms with Crippen LogP contribution in [0.3, 0.4) is 0 Å². The molecule has 0 aliphatic heterocycles. The number of carbonyl (C=O) groups excluding carboxylic acids is 1. The van der Waals surface area contributed by atoms with E-state index in [1.807, 2.05) is 0 Å². The summed E-state index contributed by atoms with van der Waals surface area (Å²) >= 11 is 0. The van der Waals surface area contributed by atoms with Crippen LogP contribution in [-0.2, 0) is 15.7 Å². The third kappa shape index (κ3) is 4.01. The van der Waals surface area contributed by atoms with Crippen molar-refractivity contribution in [1.82, 2.24) is 0 Å². The van der Waals surface area contributed by atoms with Gasteiger partial charge >= 0.3 is 18.3 Å². The maximum Gasteiger partial charge on any atom is 0.423 e. The summed E-state index contributed by atoms with van der Waals surface area (Å²) in [4.78, 5) is 11.0. The monoisotopic (exact) mass is 298 g/mol. The van der Waals surface area contributed by atoms with E-state index in [9.17, 15) is 31.1 Å². The van der Waals surface area contributed by atoms with E-state index >= 15 is 0 Å². The van der Waals surface area contributed by atoms with Crippen LogP contribution in [0.2, 0.25) is 0 Å². The normalized spacial score (nSPS) is 13.2. The van der Waals surface area contributed by atoms with Crippen molar-refractivity contribution in [3.8, 4) is 0 Å². The highest BCUT2D eigenvalue weighted by molar-refractivity contribution is 5.95. The fraction of sp³-hybridized carbons (Fsp3) is 0.250. The molecule has 0 amide bonds. The maximum absolute atomic E-state index is 12.6. The van der Waals surface area contributed by atoms with E-state index in [2.05, 4.69) is 4.74 Å². The summed E-state index contributed by atoms with van der Waals surface area (Å²) in [5.74, 6) is -1.61. The number of halogens is 6. The molecule has 0 N–H and O–H groups in total. The van der Waals surface area contributed by atoms with Crippen LogP contribution in [0, 0.1) is 0 Å². The molecule has 0 unspecified atom stereocenters. The largest absolute Gasteiger partial charge is 0.465 e. The molecule has 0 atom stereocenters. The van der Waals surface area contributed by atoms with Gasteiger partial charge in [0.1, 0.15) is 5.57 Å². The summed E-state index contributed by atoms with van der Waals surface area (Å²) in [6.07, 6.45) is -9.13. The van der Waals surface area contributed by atoms with Crippen LogP contribution in [0.15, 0.2) is 29.8 Å². The zero-order valence-corrected chi connectivity index (χ0v) is 9.97. The maximum atomic E-state index is 12.6. The smallest absolute Gasteiger partial charge is 0.423 e. The average molecular weight is 298 g/mol. The highest BCUT2D eigenvalue weighted by atomic mass is 19.4. The predicted octanol–water partition coefficient (Wildman–Crippen LogP) is 3.82. The van der Waals surface area contributed by atoms with E-state index < -0.39 is 29.5 Å². The lowest BCUT2D eigenvalue weighted by molar-refractivity contribution is -0.147. The Morgan fingerprint density at radius 2 is 1.55 bits per heavy atom. The minimum absolute atomic E-state index is 0.198. The third-order valence-corrected chi connectivity index (χ3v) is 2.26. The lowest BCUT2D eigenvalue weighted by atomic mass is 10.1. The van der Waals surface area contributed by atoms with Crippen LogP contribution in [-0.4, -0.2) is 19.3 Å². The van der Waals surface area contributed by atoms with Crippen LogP contribution < -0.4 is 0 Å². The first-order valence-electron chi connectivity index (χ1n) is 5.10. The zero-order valence-electron chi connectivity index (χ0n) is 9.97. The summed E-state index contributed by atoms with van der Waals surface area (Å²) < 4.78 is 78.5. The lowest BCUT2D eigenvalue weighted by Crippen LogP contribution is -2.21. The Bertz CT molecular complexity index is 510. The molecule has 1 rings (SSSR count). The van der Waals surface area contributed by atoms with E-state index in [0.717, 1.165) is 19.2 Å². The Hall–Kier alpha value is -1.99. The molecule has 0 saturated heterocycles. The Morgan fingerprint density at radius 3 is 1.90 bits per heavy atom. The number of methoxy groups -OCH3 is 1. The van der Waals surface area contributed by atoms with E-state index in [1.54, 1.807) is 0 Å². The topological polar surface area (TPSA) is 26.3 Å². The van der Waals surface area contributed by atoms with Crippen LogP contribution >= 0.6 is 0 Å². The summed E-state index contributed by atoms with van der Waals surface area (Å²) in [5, 5.41) is 0. The number of hydrogen-bond acceptors (Lipinski definition) is 2. The van der Waals surface area contributed by atoms with Crippen molar-refractivity contribution in [1.29, 1.82) is 0 Å². The molecule has 1 aromatic rings. The zero-order chi connectivity index (χ0) is 15.6. The molecule has 0 bridgehead atoms. The molecule has 0 spiro atoms. The summed E-state index contributed by atoms with van der Waals surface area (Å²) in [6, 6.07) is 2.91. The predicted molar refractivity (Wildman–Crippen MR) is 57.5 cm³/mol. The van der Waals surface area contributed by atoms with E-state index in [4.69, 9.17) is 0 Å². The Morgan fingerprint density at radius 1 is 1.05 bits per heavy atom. The number of esters is 1. The second-order valence-electron chi connectivity index (χ2n) is 3.67. The van der Waals surface area contributed by atoms with Crippen molar-refractivity contribution in [2.75, 3.05) is 7.11 Å². The first-order chi connectivity index (χ1) is 9.05. The summed E-state index contributed by atoms with van der Waals surface area (Å²) in [6.45, 7) is 0. The average Bonchev–Trinajstić information content (AvgIpc) is 2.33. The molecule has 0 heterocycles. The molecule has 8 heteroatoms. The van der Waals surface area contributed by atoms with Crippen molar-refractivity contribution in [2.45, 2.75) is 12.4 Å². The van der Waals surface area contributed by atoms with Gasteiger partial charge in [0.15, 0.2) is 0 Å². The van der Waals surface area contributed by atoms with Crippen molar-refractivity contribution in [3.63, 3.8) is 0 Å². The summed E-state index contributed by atoms with van der Waals surface area (Å²) in [5.41, 5.74) is -2.79. The van der Waals surface area contributed by atoms with Crippen LogP contribution in [0.1, 0.15) is 11.1 Å². The Kier molecular flexibility index (Phi) is 4.46. The molecule has 20 heavy (non-hydrogen) atoms. The number of ether oxygens (including phenoxy) is 1. The molecule has 0 aromatic heterocycles. The molecule has 0 fully saturated rings. The molecule has 0 aliphatic rings. The number of carbonyl (C=O) groups is 1. The standard InChI is InChI=1S/C12H8F6O2/c1-20-10(19)9(12(16,17)18)6-7-2-4-8(5-3-7)11(13,14)15/h2-6H,1H3/b9-6-. The van der Waals surface area contributed by atoms with Crippen LogP contribution in [0.4, 0.5) is 26.3 Å². The fourth-order valence-corrected chi connectivity index (χ4v) is 1.30. The van der Waals surface area contributed by atoms with Gasteiger partial charge in [0.25, 0.3) is 0 Å². The van der Waals surface area contributed by atoms with Gasteiger partial charge in [-0.25, -0.2) is 4.79 Å². The van der Waals surface area contributed by atoms with Crippen LogP contribution in [0.25, 0.3) is 6.08 Å². The fourth-order valence-electron chi connectivity index (χ4n) is 1.30. The highest BCUT2D eigenvalue weighted by Crippen LogP contribution is 2.31. The van der Waals surface area contributed by atoms with Gasteiger partial charge in [-0.15, -0.1) is 0 Å². The molecule has 110 valence electrons. The molecular formula is C12H8F6O2. The third-order valence-electron chi connectivity index (χ3n) is 2.26. The molecule has 0 aliphatic carbocycles. The van der Waals surface area contributed by atoms with Gasteiger partial charge in [-0.2, -0.15) is 26.3 Å². The van der Waals surface area contributed by atoms with Crippen LogP contribution in [0.5, 0.6) is 0 Å². The SMILES string of the molecule is COC(=O)/C(=C/c1ccc(C(F)(F)F)cc1)C(F)(F)F. The minimum Gasteiger partial charge on any atom is -0.465 e. The number of rotatable bonds is 2. The molecule has 2 nitrogen and oxygen atoms in total. The first-order valence-corrected chi connectivity index (χ1v) is 5.10. The first kappa shape index (κ1) is 16.1. The van der Waals surface area contributed by atoms with Gasteiger partial charge in [0, 0.05) is 0 Å². The molecule has 1 aromatic carbocycles. The molecular weight excluding hydrogens is 290 g/mol. The number of alkyl halides is 6. The van der Waals surface area contributed by atoms with Gasteiger partial charge in [0.2, 0.25) is 0 Å². The van der Waals surface area contributed by atoms with Gasteiger partial charge in [-0.1, -0.05) is 12.1 Å². The minimum atomic E-state index is -4.96. The van der Waals surface area contributed by atoms with Crippen molar-refractivity contribution in [3.05, 3.63) is 41.0 Å². The van der Waals surface area contributed by atoms with Gasteiger partial charge < -0.3 is 4.74 Å². The number of hydrogen-bond donors (Lipinski definition) is 0. The number of benzene rings is 1. The van der Waals surface area contributed by atoms with E-state index in [1.165, 1.54) is 0 Å². The second-order valence-corrected chi connectivity index (χ2v) is 3.67. The second kappa shape index (κ2) is 5.56. The van der Waals surface area contributed by atoms with E-state index in [-0.39, 0.29) is 5.56 Å². The lowest BCUT2D eigenvalue weighted by Gasteiger charge is -2.10. The Labute approximate surface area is 109 Å². The van der Waals surface area contributed by atoms with Crippen molar-refractivity contribution < 1.29 is 35.9 Å². The van der Waals surface area contributed by atoms with Gasteiger partial charge in [-0.05, 0) is 23.8 Å². The quantitative estimate of drug-likeness (QED) is 0.471. The molecule has 0 radical (unpaired) electrons. The Balaban J connectivity index is 3.16. The van der Waals surface area contributed by atoms with Crippen molar-refractivity contribution in [2.24, 2.45) is 0 Å². The van der Waals surface area contributed by atoms with Crippen molar-refractivity contribution >= 4 is 12.0 Å². The highest BCUT2D eigenvalue weighted by Gasteiger charge is 2.39. The molecule has 0 saturated carbocycles. The van der Waals surface area contributed by atoms with Gasteiger partial charge in [-0.3, -0.25) is 0 Å². The summed E-state index contributed by atoms with van der Waals surface area (Å²) in [7, 11) is 0.772.